The zero-order chi connectivity index (χ0) is 6.78. The second-order valence-corrected chi connectivity index (χ2v) is 7.69. The number of hydrogen-bond acceptors (Lipinski definition) is 1. The van der Waals surface area contributed by atoms with E-state index in [0.29, 0.717) is 10.3 Å². The molecule has 0 aliphatic heterocycles. The van der Waals surface area contributed by atoms with Crippen molar-refractivity contribution in [1.82, 2.24) is 0 Å². The first kappa shape index (κ1) is 9.83. The van der Waals surface area contributed by atoms with Gasteiger partial charge in [-0.1, -0.05) is 0 Å². The third-order valence-corrected chi connectivity index (χ3v) is 5.87. The summed E-state index contributed by atoms with van der Waals surface area (Å²) in [5.41, 5.74) is 0.311. The molecule has 0 radical (unpaired) electrons. The van der Waals surface area contributed by atoms with Gasteiger partial charge < -0.3 is 0 Å². The van der Waals surface area contributed by atoms with E-state index in [1.807, 2.05) is 20.8 Å². The van der Waals surface area contributed by atoms with Crippen LogP contribution >= 0.6 is 0 Å². The van der Waals surface area contributed by atoms with Crippen LogP contribution in [0.15, 0.2) is 0 Å². The van der Waals surface area contributed by atoms with Crippen LogP contribution in [-0.2, 0) is 4.79 Å². The van der Waals surface area contributed by atoms with Crippen molar-refractivity contribution in [2.75, 3.05) is 0 Å². The Morgan fingerprint density at radius 3 is 1.88 bits per heavy atom. The quantitative estimate of drug-likeness (QED) is 0.562. The van der Waals surface area contributed by atoms with Crippen LogP contribution in [0.2, 0.25) is 0 Å². The third-order valence-electron chi connectivity index (χ3n) is 0.798. The Hall–Kier alpha value is 1.83. The molecule has 0 N–H and O–H groups in total. The molecule has 0 rings (SSSR count). The van der Waals surface area contributed by atoms with E-state index in [9.17, 15) is 4.79 Å². The molecular weight excluding hydrogens is 194 g/mol. The summed E-state index contributed by atoms with van der Waals surface area (Å²) in [6.45, 7) is 5.97. The number of carbonyl (C=O) groups is 1. The van der Waals surface area contributed by atoms with Crippen molar-refractivity contribution in [3.8, 4) is 0 Å². The maximum atomic E-state index is 10.9. The Kier molecular flexibility index (Phi) is 4.75. The van der Waals surface area contributed by atoms with Crippen molar-refractivity contribution in [2.24, 2.45) is 5.41 Å². The summed E-state index contributed by atoms with van der Waals surface area (Å²) in [5, 5.41) is 0. The maximum absolute atomic E-state index is 10.9. The van der Waals surface area contributed by atoms with Gasteiger partial charge in [-0.2, -0.15) is 0 Å². The number of rotatable bonds is 1. The first-order valence-corrected chi connectivity index (χ1v) is 11.8. The summed E-state index contributed by atoms with van der Waals surface area (Å²) in [6.07, 6.45) is 0. The van der Waals surface area contributed by atoms with Crippen LogP contribution in [0.3, 0.4) is 0 Å². The average Bonchev–Trinajstić information content (AvgIpc) is 1.62. The van der Waals surface area contributed by atoms with Gasteiger partial charge in [0.1, 0.15) is 0 Å². The summed E-state index contributed by atoms with van der Waals surface area (Å²) in [7, 11) is 0. The van der Waals surface area contributed by atoms with Crippen molar-refractivity contribution >= 4 is 55.7 Å². The standard InChI is InChI=1S/C5H10OSe.K/c1-5(2,3)4(6)7;/h1-3H3,(H,6,7);/q;+1/p-1. The van der Waals surface area contributed by atoms with Crippen LogP contribution < -0.4 is 0 Å². The third kappa shape index (κ3) is 3.78. The van der Waals surface area contributed by atoms with Crippen molar-refractivity contribution in [3.05, 3.63) is 0 Å². The van der Waals surface area contributed by atoms with Gasteiger partial charge in [0.25, 0.3) is 0 Å². The molecule has 0 spiro atoms. The molecule has 42 valence electrons. The first-order valence-electron chi connectivity index (χ1n) is 2.57. The Morgan fingerprint density at radius 2 is 1.88 bits per heavy atom. The van der Waals surface area contributed by atoms with Gasteiger partial charge in [0.15, 0.2) is 0 Å². The fourth-order valence-corrected chi connectivity index (χ4v) is 6.56. The molecule has 1 nitrogen and oxygen atoms in total. The number of hydrogen-bond donors (Lipinski definition) is 0. The molecule has 0 aliphatic carbocycles. The van der Waals surface area contributed by atoms with Gasteiger partial charge in [0.05, 0.1) is 0 Å². The van der Waals surface area contributed by atoms with E-state index in [4.69, 9.17) is 0 Å². The molecule has 0 aliphatic rings. The molecular formula is C5H9KOSe. The van der Waals surface area contributed by atoms with E-state index in [0.717, 1.165) is 45.4 Å². The average molecular weight is 203 g/mol. The summed E-state index contributed by atoms with van der Waals surface area (Å²) in [6, 6.07) is 0. The van der Waals surface area contributed by atoms with Crippen LogP contribution in [-0.4, -0.2) is 55.7 Å². The molecule has 0 atom stereocenters. The number of carbonyl (C=O) groups excluding carboxylic acids is 1. The van der Waals surface area contributed by atoms with Gasteiger partial charge in [-0.3, -0.25) is 0 Å². The van der Waals surface area contributed by atoms with E-state index in [1.165, 1.54) is 0 Å². The minimum absolute atomic E-state index is 0.0556. The summed E-state index contributed by atoms with van der Waals surface area (Å²) < 4.78 is 0.477. The topological polar surface area (TPSA) is 17.1 Å². The second-order valence-electron chi connectivity index (χ2n) is 2.74. The normalized spacial score (nSPS) is 11.6. The SMILES string of the molecule is CC(C)(C)C(=O)[Se][K]. The van der Waals surface area contributed by atoms with Crippen LogP contribution in [0, 0.1) is 5.41 Å². The van der Waals surface area contributed by atoms with Crippen LogP contribution in [0.5, 0.6) is 0 Å². The molecule has 3 heteroatoms. The Morgan fingerprint density at radius 1 is 1.50 bits per heavy atom. The molecule has 0 heterocycles. The monoisotopic (exact) mass is 204 g/mol. The predicted molar refractivity (Wildman–Crippen MR) is 36.0 cm³/mol. The molecule has 0 saturated heterocycles. The Bertz CT molecular complexity index is 95.1. The summed E-state index contributed by atoms with van der Waals surface area (Å²) in [5.74, 6) is 0. The molecule has 0 aromatic carbocycles. The van der Waals surface area contributed by atoms with E-state index in [-0.39, 0.29) is 5.41 Å². The van der Waals surface area contributed by atoms with E-state index in [1.54, 1.807) is 0 Å². The van der Waals surface area contributed by atoms with Gasteiger partial charge in [0.2, 0.25) is 0 Å². The van der Waals surface area contributed by atoms with Gasteiger partial charge in [-0.25, -0.2) is 0 Å². The van der Waals surface area contributed by atoms with Gasteiger partial charge in [-0.05, 0) is 0 Å². The molecule has 0 fully saturated rings. The van der Waals surface area contributed by atoms with Gasteiger partial charge in [0, 0.05) is 0 Å². The zero-order valence-corrected chi connectivity index (χ0v) is 10.7. The van der Waals surface area contributed by atoms with Gasteiger partial charge >= 0.3 is 86.6 Å². The Labute approximate surface area is 84.8 Å². The van der Waals surface area contributed by atoms with Crippen molar-refractivity contribution in [2.45, 2.75) is 20.8 Å². The predicted octanol–water partition coefficient (Wildman–Crippen LogP) is 0.347. The van der Waals surface area contributed by atoms with Crippen LogP contribution in [0.4, 0.5) is 0 Å². The van der Waals surface area contributed by atoms with E-state index >= 15 is 0 Å². The molecule has 0 unspecified atom stereocenters. The summed E-state index contributed by atoms with van der Waals surface area (Å²) in [4.78, 5) is 10.9. The fourth-order valence-electron chi connectivity index (χ4n) is 0.306. The Balaban J connectivity index is 3.82. The van der Waals surface area contributed by atoms with Gasteiger partial charge in [-0.15, -0.1) is 0 Å². The second kappa shape index (κ2) is 3.87. The zero-order valence-electron chi connectivity index (χ0n) is 5.82. The first-order chi connectivity index (χ1) is 3.48. The van der Waals surface area contributed by atoms with Crippen molar-refractivity contribution in [3.63, 3.8) is 0 Å². The van der Waals surface area contributed by atoms with Crippen LogP contribution in [0.1, 0.15) is 20.8 Å². The minimum atomic E-state index is -0.0556. The van der Waals surface area contributed by atoms with E-state index < -0.39 is 0 Å². The molecule has 8 heavy (non-hydrogen) atoms. The van der Waals surface area contributed by atoms with E-state index in [2.05, 4.69) is 0 Å². The molecule has 0 amide bonds. The van der Waals surface area contributed by atoms with Crippen molar-refractivity contribution < 1.29 is 4.79 Å². The molecule has 0 aromatic heterocycles. The fraction of sp³-hybridized carbons (Fsp3) is 0.800. The molecule has 0 bridgehead atoms. The molecule has 0 saturated carbocycles. The molecule has 0 aromatic rings. The summed E-state index contributed by atoms with van der Waals surface area (Å²) >= 11 is 0.754. The van der Waals surface area contributed by atoms with Crippen molar-refractivity contribution in [1.29, 1.82) is 0 Å². The van der Waals surface area contributed by atoms with Crippen LogP contribution in [0.25, 0.3) is 0 Å².